The molecule has 1 atom stereocenters. The molecule has 0 saturated heterocycles. The summed E-state index contributed by atoms with van der Waals surface area (Å²) in [6.07, 6.45) is 1.52. The van der Waals surface area contributed by atoms with E-state index in [-0.39, 0.29) is 12.1 Å². The molecule has 2 heteroatoms. The minimum absolute atomic E-state index is 0.00231. The van der Waals surface area contributed by atoms with Gasteiger partial charge in [0.2, 0.25) is 0 Å². The van der Waals surface area contributed by atoms with Gasteiger partial charge >= 0.3 is 5.97 Å². The van der Waals surface area contributed by atoms with Crippen molar-refractivity contribution in [3.05, 3.63) is 11.6 Å². The molecule has 8 heavy (non-hydrogen) atoms. The number of ether oxygens (including phenoxy) is 1. The van der Waals surface area contributed by atoms with Gasteiger partial charge in [-0.3, -0.25) is 0 Å². The summed E-state index contributed by atoms with van der Waals surface area (Å²) in [5, 5.41) is 0. The van der Waals surface area contributed by atoms with Gasteiger partial charge in [-0.25, -0.2) is 4.79 Å². The Bertz CT molecular complexity index is 147. The molecule has 0 aromatic carbocycles. The minimum Gasteiger partial charge on any atom is -0.455 e. The number of carbonyl (C=O) groups excluding carboxylic acids is 1. The van der Waals surface area contributed by atoms with Gasteiger partial charge in [0.25, 0.3) is 0 Å². The van der Waals surface area contributed by atoms with Crippen LogP contribution in [0.5, 0.6) is 0 Å². The van der Waals surface area contributed by atoms with E-state index in [9.17, 15) is 4.79 Å². The van der Waals surface area contributed by atoms with Crippen molar-refractivity contribution in [3.63, 3.8) is 0 Å². The van der Waals surface area contributed by atoms with Gasteiger partial charge in [0.05, 0.1) is 0 Å². The van der Waals surface area contributed by atoms with Crippen LogP contribution in [0.3, 0.4) is 0 Å². The topological polar surface area (TPSA) is 26.3 Å². The SMILES string of the molecule is CC1=CC(=O)O[C@H]1C. The number of hydrogen-bond acceptors (Lipinski definition) is 2. The number of esters is 1. The van der Waals surface area contributed by atoms with Crippen LogP contribution in [0, 0.1) is 0 Å². The van der Waals surface area contributed by atoms with Crippen LogP contribution in [-0.4, -0.2) is 12.1 Å². The van der Waals surface area contributed by atoms with E-state index in [0.29, 0.717) is 0 Å². The number of carbonyl (C=O) groups is 1. The van der Waals surface area contributed by atoms with Crippen LogP contribution in [0.15, 0.2) is 11.6 Å². The lowest BCUT2D eigenvalue weighted by Gasteiger charge is -2.00. The molecular formula is C6H8O2. The molecule has 1 heterocycles. The van der Waals surface area contributed by atoms with Crippen LogP contribution in [0.4, 0.5) is 0 Å². The molecule has 1 rings (SSSR count). The maximum Gasteiger partial charge on any atom is 0.331 e. The molecule has 0 N–H and O–H groups in total. The Morgan fingerprint density at radius 3 is 2.50 bits per heavy atom. The lowest BCUT2D eigenvalue weighted by atomic mass is 10.2. The van der Waals surface area contributed by atoms with Gasteiger partial charge in [-0.05, 0) is 19.4 Å². The summed E-state index contributed by atoms with van der Waals surface area (Å²) >= 11 is 0. The lowest BCUT2D eigenvalue weighted by Crippen LogP contribution is -2.03. The predicted molar refractivity (Wildman–Crippen MR) is 29.3 cm³/mol. The molecule has 0 aromatic rings. The summed E-state index contributed by atoms with van der Waals surface area (Å²) in [5.41, 5.74) is 1.01. The van der Waals surface area contributed by atoms with Crippen molar-refractivity contribution in [1.29, 1.82) is 0 Å². The van der Waals surface area contributed by atoms with E-state index >= 15 is 0 Å². The number of hydrogen-bond donors (Lipinski definition) is 0. The molecule has 0 aromatic heterocycles. The molecule has 0 radical (unpaired) electrons. The third-order valence-corrected chi connectivity index (χ3v) is 1.28. The van der Waals surface area contributed by atoms with E-state index in [4.69, 9.17) is 4.74 Å². The molecule has 0 aliphatic carbocycles. The maximum atomic E-state index is 10.4. The molecule has 2 nitrogen and oxygen atoms in total. The van der Waals surface area contributed by atoms with Gasteiger partial charge in [-0.1, -0.05) is 0 Å². The second kappa shape index (κ2) is 1.62. The monoisotopic (exact) mass is 112 g/mol. The molecule has 0 fully saturated rings. The Kier molecular flexibility index (Phi) is 1.08. The zero-order chi connectivity index (χ0) is 6.15. The quantitative estimate of drug-likeness (QED) is 0.435. The smallest absolute Gasteiger partial charge is 0.331 e. The molecule has 44 valence electrons. The first-order chi connectivity index (χ1) is 3.70. The van der Waals surface area contributed by atoms with E-state index in [1.54, 1.807) is 0 Å². The summed E-state index contributed by atoms with van der Waals surface area (Å²) in [7, 11) is 0. The fourth-order valence-corrected chi connectivity index (χ4v) is 0.604. The Morgan fingerprint density at radius 2 is 2.38 bits per heavy atom. The maximum absolute atomic E-state index is 10.4. The highest BCUT2D eigenvalue weighted by molar-refractivity contribution is 5.85. The Balaban J connectivity index is 2.73. The molecule has 0 saturated carbocycles. The first-order valence-electron chi connectivity index (χ1n) is 2.59. The second-order valence-electron chi connectivity index (χ2n) is 1.97. The van der Waals surface area contributed by atoms with Crippen molar-refractivity contribution in [2.75, 3.05) is 0 Å². The highest BCUT2D eigenvalue weighted by atomic mass is 16.5. The molecule has 0 spiro atoms. The van der Waals surface area contributed by atoms with Gasteiger partial charge in [0.1, 0.15) is 6.10 Å². The lowest BCUT2D eigenvalue weighted by molar-refractivity contribution is -0.138. The number of rotatable bonds is 0. The van der Waals surface area contributed by atoms with Crippen LogP contribution < -0.4 is 0 Å². The zero-order valence-corrected chi connectivity index (χ0v) is 4.97. The average Bonchev–Trinajstić information content (AvgIpc) is 1.85. The van der Waals surface area contributed by atoms with Crippen LogP contribution in [0.25, 0.3) is 0 Å². The molecule has 1 aliphatic rings. The number of cyclic esters (lactones) is 1. The Hall–Kier alpha value is -0.790. The average molecular weight is 112 g/mol. The van der Waals surface area contributed by atoms with Crippen molar-refractivity contribution < 1.29 is 9.53 Å². The molecule has 0 unspecified atom stereocenters. The highest BCUT2D eigenvalue weighted by Gasteiger charge is 2.16. The molecular weight excluding hydrogens is 104 g/mol. The summed E-state index contributed by atoms with van der Waals surface area (Å²) in [6.45, 7) is 3.74. The summed E-state index contributed by atoms with van der Waals surface area (Å²) in [4.78, 5) is 10.4. The summed E-state index contributed by atoms with van der Waals surface area (Å²) in [6, 6.07) is 0. The molecule has 0 bridgehead atoms. The van der Waals surface area contributed by atoms with E-state index in [2.05, 4.69) is 0 Å². The summed E-state index contributed by atoms with van der Waals surface area (Å²) in [5.74, 6) is -0.213. The van der Waals surface area contributed by atoms with Crippen molar-refractivity contribution in [2.24, 2.45) is 0 Å². The van der Waals surface area contributed by atoms with E-state index in [1.807, 2.05) is 13.8 Å². The van der Waals surface area contributed by atoms with Gasteiger partial charge in [-0.15, -0.1) is 0 Å². The third-order valence-electron chi connectivity index (χ3n) is 1.28. The molecule has 1 aliphatic heterocycles. The third kappa shape index (κ3) is 0.735. The van der Waals surface area contributed by atoms with Gasteiger partial charge in [0, 0.05) is 6.08 Å². The zero-order valence-electron chi connectivity index (χ0n) is 4.97. The first-order valence-corrected chi connectivity index (χ1v) is 2.59. The van der Waals surface area contributed by atoms with E-state index < -0.39 is 0 Å². The van der Waals surface area contributed by atoms with Gasteiger partial charge in [-0.2, -0.15) is 0 Å². The van der Waals surface area contributed by atoms with E-state index in [0.717, 1.165) is 5.57 Å². The van der Waals surface area contributed by atoms with Crippen LogP contribution >= 0.6 is 0 Å². The van der Waals surface area contributed by atoms with Gasteiger partial charge < -0.3 is 4.74 Å². The Labute approximate surface area is 48.1 Å². The fraction of sp³-hybridized carbons (Fsp3) is 0.500. The van der Waals surface area contributed by atoms with Crippen LogP contribution in [0.2, 0.25) is 0 Å². The van der Waals surface area contributed by atoms with Crippen molar-refractivity contribution >= 4 is 5.97 Å². The minimum atomic E-state index is -0.213. The normalized spacial score (nSPS) is 27.5. The molecule has 0 amide bonds. The van der Waals surface area contributed by atoms with Crippen LogP contribution in [0.1, 0.15) is 13.8 Å². The van der Waals surface area contributed by atoms with Crippen molar-refractivity contribution in [1.82, 2.24) is 0 Å². The van der Waals surface area contributed by atoms with Crippen molar-refractivity contribution in [3.8, 4) is 0 Å². The first kappa shape index (κ1) is 5.35. The Morgan fingerprint density at radius 1 is 1.75 bits per heavy atom. The summed E-state index contributed by atoms with van der Waals surface area (Å²) < 4.78 is 4.74. The largest absolute Gasteiger partial charge is 0.455 e. The fourth-order valence-electron chi connectivity index (χ4n) is 0.604. The van der Waals surface area contributed by atoms with E-state index in [1.165, 1.54) is 6.08 Å². The standard InChI is InChI=1S/C6H8O2/c1-4-3-6(7)8-5(4)2/h3,5H,1-2H3/t5-/m0/s1. The van der Waals surface area contributed by atoms with Crippen LogP contribution in [-0.2, 0) is 9.53 Å². The van der Waals surface area contributed by atoms with Gasteiger partial charge in [0.15, 0.2) is 0 Å². The predicted octanol–water partition coefficient (Wildman–Crippen LogP) is 0.878. The van der Waals surface area contributed by atoms with Crippen molar-refractivity contribution in [2.45, 2.75) is 20.0 Å². The highest BCUT2D eigenvalue weighted by Crippen LogP contribution is 2.12. The second-order valence-corrected chi connectivity index (χ2v) is 1.97.